The summed E-state index contributed by atoms with van der Waals surface area (Å²) in [6.07, 6.45) is 3.26. The van der Waals surface area contributed by atoms with Gasteiger partial charge in [0.15, 0.2) is 0 Å². The number of hydrogen-bond acceptors (Lipinski definition) is 4. The molecule has 2 aromatic carbocycles. The molecule has 1 aliphatic rings. The lowest BCUT2D eigenvalue weighted by atomic mass is 10.00. The molecule has 4 aromatic rings. The Balaban J connectivity index is 1.83. The van der Waals surface area contributed by atoms with Gasteiger partial charge in [-0.2, -0.15) is 0 Å². The summed E-state index contributed by atoms with van der Waals surface area (Å²) in [7, 11) is 1.65. The van der Waals surface area contributed by atoms with Crippen molar-refractivity contribution >= 4 is 21.9 Å². The molecule has 2 aromatic heterocycles. The lowest BCUT2D eigenvalue weighted by molar-refractivity contribution is 0.415. The summed E-state index contributed by atoms with van der Waals surface area (Å²) >= 11 is 0. The fourth-order valence-corrected chi connectivity index (χ4v) is 4.00. The second kappa shape index (κ2) is 5.49. The van der Waals surface area contributed by atoms with E-state index in [9.17, 15) is 4.79 Å². The van der Waals surface area contributed by atoms with Crippen molar-refractivity contribution in [2.45, 2.75) is 26.2 Å². The number of aryl methyl sites for hydroxylation is 3. The number of fused-ring (bicyclic) bond motifs is 3. The Hall–Kier alpha value is -3.01. The third kappa shape index (κ3) is 2.18. The Morgan fingerprint density at radius 3 is 2.54 bits per heavy atom. The van der Waals surface area contributed by atoms with E-state index in [4.69, 9.17) is 13.6 Å². The van der Waals surface area contributed by atoms with E-state index in [1.54, 1.807) is 7.11 Å². The molecule has 0 saturated carbocycles. The second-order valence-electron chi connectivity index (χ2n) is 6.87. The average molecular weight is 346 g/mol. The van der Waals surface area contributed by atoms with Gasteiger partial charge in [-0.05, 0) is 67.6 Å². The highest BCUT2D eigenvalue weighted by Gasteiger charge is 2.20. The molecule has 0 atom stereocenters. The van der Waals surface area contributed by atoms with Gasteiger partial charge in [-0.25, -0.2) is 4.79 Å². The summed E-state index contributed by atoms with van der Waals surface area (Å²) in [6.45, 7) is 2.01. The quantitative estimate of drug-likeness (QED) is 0.479. The van der Waals surface area contributed by atoms with Gasteiger partial charge in [0.1, 0.15) is 22.7 Å². The minimum atomic E-state index is -0.358. The molecule has 4 heteroatoms. The monoisotopic (exact) mass is 346 g/mol. The Kier molecular flexibility index (Phi) is 3.23. The lowest BCUT2D eigenvalue weighted by Gasteiger charge is -2.07. The minimum Gasteiger partial charge on any atom is -0.497 e. The number of rotatable bonds is 2. The Morgan fingerprint density at radius 1 is 0.923 bits per heavy atom. The Morgan fingerprint density at radius 2 is 1.73 bits per heavy atom. The summed E-state index contributed by atoms with van der Waals surface area (Å²) in [5.74, 6) is 1.49. The largest absolute Gasteiger partial charge is 0.497 e. The standard InChI is InChI=1S/C22H18O4/c1-12-16-10-15(24-2)6-7-19(16)26-22(12)18-11-21(23)25-20-9-14-5-3-4-13(14)8-17(18)20/h6-11H,3-5H2,1-2H3. The van der Waals surface area contributed by atoms with Gasteiger partial charge in [-0.15, -0.1) is 0 Å². The average Bonchev–Trinajstić information content (AvgIpc) is 3.23. The van der Waals surface area contributed by atoms with Crippen molar-refractivity contribution in [2.75, 3.05) is 7.11 Å². The van der Waals surface area contributed by atoms with Crippen LogP contribution in [0.5, 0.6) is 5.75 Å². The number of furan rings is 1. The van der Waals surface area contributed by atoms with Crippen LogP contribution >= 0.6 is 0 Å². The van der Waals surface area contributed by atoms with E-state index >= 15 is 0 Å². The maximum Gasteiger partial charge on any atom is 0.336 e. The van der Waals surface area contributed by atoms with Crippen molar-refractivity contribution in [3.8, 4) is 17.1 Å². The van der Waals surface area contributed by atoms with Gasteiger partial charge in [0.25, 0.3) is 0 Å². The summed E-state index contributed by atoms with van der Waals surface area (Å²) in [5, 5.41) is 1.92. The summed E-state index contributed by atoms with van der Waals surface area (Å²) < 4.78 is 16.9. The molecule has 4 nitrogen and oxygen atoms in total. The van der Waals surface area contributed by atoms with Crippen LogP contribution in [0.1, 0.15) is 23.1 Å². The predicted octanol–water partition coefficient (Wildman–Crippen LogP) is 5.01. The second-order valence-corrected chi connectivity index (χ2v) is 6.87. The Bertz CT molecular complexity index is 1230. The van der Waals surface area contributed by atoms with Crippen molar-refractivity contribution in [3.63, 3.8) is 0 Å². The van der Waals surface area contributed by atoms with Crippen LogP contribution in [-0.4, -0.2) is 7.11 Å². The molecular formula is C22H18O4. The molecule has 0 amide bonds. The third-order valence-corrected chi connectivity index (χ3v) is 5.34. The SMILES string of the molecule is COc1ccc2oc(-c3cc(=O)oc4cc5c(cc34)CCC5)c(C)c2c1. The van der Waals surface area contributed by atoms with E-state index in [1.165, 1.54) is 17.2 Å². The zero-order chi connectivity index (χ0) is 17.8. The van der Waals surface area contributed by atoms with E-state index in [2.05, 4.69) is 6.07 Å². The number of ether oxygens (including phenoxy) is 1. The van der Waals surface area contributed by atoms with Crippen molar-refractivity contribution < 1.29 is 13.6 Å². The summed E-state index contributed by atoms with van der Waals surface area (Å²) in [5.41, 5.74) is 5.45. The molecule has 5 rings (SSSR count). The number of methoxy groups -OCH3 is 1. The highest BCUT2D eigenvalue weighted by molar-refractivity contribution is 5.97. The highest BCUT2D eigenvalue weighted by atomic mass is 16.5. The van der Waals surface area contributed by atoms with Gasteiger partial charge >= 0.3 is 5.63 Å². The highest BCUT2D eigenvalue weighted by Crippen LogP contribution is 2.38. The van der Waals surface area contributed by atoms with E-state index in [-0.39, 0.29) is 5.63 Å². The van der Waals surface area contributed by atoms with Crippen molar-refractivity contribution in [2.24, 2.45) is 0 Å². The number of benzene rings is 2. The van der Waals surface area contributed by atoms with Gasteiger partial charge in [0.2, 0.25) is 0 Å². The molecule has 0 spiro atoms. The van der Waals surface area contributed by atoms with Crippen LogP contribution in [0.3, 0.4) is 0 Å². The first-order valence-electron chi connectivity index (χ1n) is 8.81. The van der Waals surface area contributed by atoms with E-state index in [0.717, 1.165) is 52.5 Å². The molecule has 1 aliphatic carbocycles. The van der Waals surface area contributed by atoms with Crippen molar-refractivity contribution in [1.29, 1.82) is 0 Å². The van der Waals surface area contributed by atoms with Crippen LogP contribution in [0.2, 0.25) is 0 Å². The topological polar surface area (TPSA) is 52.6 Å². The number of hydrogen-bond donors (Lipinski definition) is 0. The van der Waals surface area contributed by atoms with Crippen LogP contribution in [0.25, 0.3) is 33.3 Å². The van der Waals surface area contributed by atoms with Gasteiger partial charge in [0, 0.05) is 28.0 Å². The summed E-state index contributed by atoms with van der Waals surface area (Å²) in [6, 6.07) is 11.4. The maximum atomic E-state index is 12.2. The van der Waals surface area contributed by atoms with Crippen LogP contribution in [0.15, 0.2) is 50.0 Å². The van der Waals surface area contributed by atoms with E-state index < -0.39 is 0 Å². The van der Waals surface area contributed by atoms with Crippen molar-refractivity contribution in [3.05, 3.63) is 63.5 Å². The predicted molar refractivity (Wildman–Crippen MR) is 101 cm³/mol. The molecule has 0 N–H and O–H groups in total. The molecule has 2 heterocycles. The lowest BCUT2D eigenvalue weighted by Crippen LogP contribution is -1.99. The smallest absolute Gasteiger partial charge is 0.336 e. The minimum absolute atomic E-state index is 0.358. The van der Waals surface area contributed by atoms with Crippen LogP contribution in [-0.2, 0) is 12.8 Å². The molecule has 0 fully saturated rings. The third-order valence-electron chi connectivity index (χ3n) is 5.34. The van der Waals surface area contributed by atoms with Crippen LogP contribution in [0, 0.1) is 6.92 Å². The zero-order valence-corrected chi connectivity index (χ0v) is 14.7. The van der Waals surface area contributed by atoms with Gasteiger partial charge in [0.05, 0.1) is 7.11 Å². The summed E-state index contributed by atoms with van der Waals surface area (Å²) in [4.78, 5) is 12.2. The van der Waals surface area contributed by atoms with Crippen molar-refractivity contribution in [1.82, 2.24) is 0 Å². The maximum absolute atomic E-state index is 12.2. The molecular weight excluding hydrogens is 328 g/mol. The Labute approximate surface area is 150 Å². The molecule has 130 valence electrons. The van der Waals surface area contributed by atoms with Crippen LogP contribution in [0.4, 0.5) is 0 Å². The molecule has 0 radical (unpaired) electrons. The molecule has 26 heavy (non-hydrogen) atoms. The van der Waals surface area contributed by atoms with E-state index in [0.29, 0.717) is 11.3 Å². The molecule has 0 aliphatic heterocycles. The molecule has 0 saturated heterocycles. The van der Waals surface area contributed by atoms with E-state index in [1.807, 2.05) is 31.2 Å². The first kappa shape index (κ1) is 15.3. The van der Waals surface area contributed by atoms with Gasteiger partial charge < -0.3 is 13.6 Å². The van der Waals surface area contributed by atoms with Crippen LogP contribution < -0.4 is 10.4 Å². The fraction of sp³-hybridized carbons (Fsp3) is 0.227. The first-order valence-corrected chi connectivity index (χ1v) is 8.81. The normalized spacial score (nSPS) is 13.5. The first-order chi connectivity index (χ1) is 12.6. The molecule has 0 bridgehead atoms. The molecule has 0 unspecified atom stereocenters. The zero-order valence-electron chi connectivity index (χ0n) is 14.7. The van der Waals surface area contributed by atoms with Gasteiger partial charge in [-0.3, -0.25) is 0 Å². The van der Waals surface area contributed by atoms with Gasteiger partial charge in [-0.1, -0.05) is 0 Å². The fourth-order valence-electron chi connectivity index (χ4n) is 4.00.